The van der Waals surface area contributed by atoms with Crippen molar-refractivity contribution in [3.63, 3.8) is 0 Å². The normalized spacial score (nSPS) is 18.5. The van der Waals surface area contributed by atoms with Gasteiger partial charge in [0.1, 0.15) is 0 Å². The Labute approximate surface area is 435 Å². The van der Waals surface area contributed by atoms with Crippen molar-refractivity contribution in [1.29, 1.82) is 0 Å². The Morgan fingerprint density at radius 2 is 1.15 bits per heavy atom. The average molecular weight is 1050 g/mol. The Kier molecular flexibility index (Phi) is 18.7. The summed E-state index contributed by atoms with van der Waals surface area (Å²) in [5.74, 6) is -2.20. The summed E-state index contributed by atoms with van der Waals surface area (Å²) in [4.78, 5) is 65.8. The Morgan fingerprint density at radius 3 is 1.61 bits per heavy atom. The van der Waals surface area contributed by atoms with Crippen LogP contribution >= 0.6 is 46.4 Å². The van der Waals surface area contributed by atoms with E-state index in [1.165, 1.54) is 67.4 Å². The number of carboxylic acids is 1. The van der Waals surface area contributed by atoms with E-state index in [-0.39, 0.29) is 24.7 Å². The van der Waals surface area contributed by atoms with Crippen LogP contribution in [0.5, 0.6) is 0 Å². The fourth-order valence-electron chi connectivity index (χ4n) is 10.1. The van der Waals surface area contributed by atoms with E-state index in [4.69, 9.17) is 57.2 Å². The van der Waals surface area contributed by atoms with E-state index >= 15 is 0 Å². The van der Waals surface area contributed by atoms with Gasteiger partial charge in [0.25, 0.3) is 0 Å². The largest absolute Gasteiger partial charge is 0.478 e. The number of halogens is 4. The molecule has 5 aliphatic rings. The van der Waals surface area contributed by atoms with E-state index in [9.17, 15) is 24.0 Å². The summed E-state index contributed by atoms with van der Waals surface area (Å²) in [7, 11) is 3.64. The van der Waals surface area contributed by atoms with Crippen molar-refractivity contribution in [2.75, 3.05) is 67.7 Å². The molecule has 4 N–H and O–H groups in total. The Bertz CT molecular complexity index is 2680. The number of nitrogens with one attached hydrogen (secondary N) is 1. The molecule has 0 spiro atoms. The molecule has 0 radical (unpaired) electrons. The number of carboxylic acid groups (broad SMARTS) is 1. The lowest BCUT2D eigenvalue weighted by Gasteiger charge is -2.35. The van der Waals surface area contributed by atoms with Gasteiger partial charge in [-0.3, -0.25) is 9.59 Å². The van der Waals surface area contributed by atoms with E-state index in [2.05, 4.69) is 32.0 Å². The number of likely N-dealkylation sites (N-methyl/N-ethyl adjacent to an activating group) is 2. The highest BCUT2D eigenvalue weighted by Gasteiger charge is 2.32. The van der Waals surface area contributed by atoms with Gasteiger partial charge in [-0.25, -0.2) is 14.4 Å². The minimum atomic E-state index is -0.986. The lowest BCUT2D eigenvalue weighted by molar-refractivity contribution is -0.150. The van der Waals surface area contributed by atoms with E-state index in [0.717, 1.165) is 91.6 Å². The second kappa shape index (κ2) is 24.8. The standard InChI is InChI=1S/C27H31Cl2N3O3.C23H27Cl2N3O.C4H2O3/c1-31(25(33)16-18-6-10-22(28)23(29)15-18)27-21-17-20(32-13-2-3-14-32)9-7-19(21)8-11-24(27)30-12-4-5-26(34)35;1-27(22(29)13-15-4-8-19(24)20(25)12-15)23-18-14-17(28-10-2-3-11-28)7-5-16(18)6-9-21(23)26;5-3-1-2-4(6)7-3/h4-6,8,10-11,15,20,30H,2-3,7,9,12-14,16-17H2,1H3,(H,34,35);4,6,8-9,12,17H,2-3,5,7,10-11,13-14,26H2,1H3;1-2H/b5-4-;;/t20-;17-;/m00./s1. The van der Waals surface area contributed by atoms with Crippen LogP contribution < -0.4 is 20.9 Å². The molecule has 4 aromatic carbocycles. The zero-order valence-corrected chi connectivity index (χ0v) is 43.1. The second-order valence-electron chi connectivity index (χ2n) is 18.5. The number of cyclic esters (lactones) is 2. The van der Waals surface area contributed by atoms with E-state index in [1.807, 2.05) is 38.4 Å². The summed E-state index contributed by atoms with van der Waals surface area (Å²) in [6.45, 7) is 4.99. The van der Waals surface area contributed by atoms with E-state index in [0.29, 0.717) is 44.4 Å². The zero-order valence-electron chi connectivity index (χ0n) is 40.0. The number of ether oxygens (including phenoxy) is 1. The van der Waals surface area contributed by atoms with Gasteiger partial charge in [-0.1, -0.05) is 76.7 Å². The van der Waals surface area contributed by atoms with Gasteiger partial charge in [-0.15, -0.1) is 0 Å². The molecule has 0 unspecified atom stereocenters. The number of aryl methyl sites for hydroxylation is 2. The van der Waals surface area contributed by atoms with Crippen molar-refractivity contribution in [2.45, 2.75) is 89.1 Å². The topological polar surface area (TPSA) is 166 Å². The molecule has 4 aromatic rings. The van der Waals surface area contributed by atoms with Crippen LogP contribution in [0.1, 0.15) is 71.9 Å². The number of likely N-dealkylation sites (tertiary alicyclic amines) is 2. The van der Waals surface area contributed by atoms with Crippen molar-refractivity contribution >= 4 is 98.9 Å². The van der Waals surface area contributed by atoms with Gasteiger partial charge in [0.15, 0.2) is 0 Å². The molecule has 2 amide bonds. The summed E-state index contributed by atoms with van der Waals surface area (Å²) < 4.78 is 3.97. The number of anilines is 4. The number of benzene rings is 4. The number of carbonyl (C=O) groups is 5. The number of esters is 2. The summed E-state index contributed by atoms with van der Waals surface area (Å²) in [6.07, 6.45) is 16.6. The third-order valence-corrected chi connectivity index (χ3v) is 15.3. The van der Waals surface area contributed by atoms with Gasteiger partial charge < -0.3 is 40.5 Å². The van der Waals surface area contributed by atoms with Gasteiger partial charge in [-0.2, -0.15) is 0 Å². The molecule has 0 bridgehead atoms. The smallest absolute Gasteiger partial charge is 0.338 e. The van der Waals surface area contributed by atoms with Crippen LogP contribution in [0.15, 0.2) is 85.0 Å². The van der Waals surface area contributed by atoms with Crippen molar-refractivity contribution in [2.24, 2.45) is 0 Å². The lowest BCUT2D eigenvalue weighted by atomic mass is 9.85. The lowest BCUT2D eigenvalue weighted by Crippen LogP contribution is -2.38. The summed E-state index contributed by atoms with van der Waals surface area (Å²) in [5.41, 5.74) is 16.3. The minimum Gasteiger partial charge on any atom is -0.478 e. The molecule has 2 atom stereocenters. The number of rotatable bonds is 12. The summed E-state index contributed by atoms with van der Waals surface area (Å²) in [5, 5.41) is 14.1. The van der Waals surface area contributed by atoms with Crippen molar-refractivity contribution < 1.29 is 33.8 Å². The van der Waals surface area contributed by atoms with Gasteiger partial charge in [0.05, 0.1) is 55.7 Å². The number of hydrogen-bond donors (Lipinski definition) is 3. The van der Waals surface area contributed by atoms with Gasteiger partial charge in [0.2, 0.25) is 11.8 Å². The van der Waals surface area contributed by atoms with Crippen LogP contribution in [0.4, 0.5) is 22.7 Å². The monoisotopic (exact) mass is 1040 g/mol. The van der Waals surface area contributed by atoms with Crippen LogP contribution in [0.25, 0.3) is 0 Å². The molecule has 13 nitrogen and oxygen atoms in total. The first-order valence-corrected chi connectivity index (χ1v) is 25.6. The van der Waals surface area contributed by atoms with Gasteiger partial charge in [0, 0.05) is 51.0 Å². The van der Waals surface area contributed by atoms with Crippen LogP contribution in [0, 0.1) is 0 Å². The number of nitrogens with zero attached hydrogens (tertiary/aromatic N) is 4. The molecule has 71 heavy (non-hydrogen) atoms. The summed E-state index contributed by atoms with van der Waals surface area (Å²) in [6, 6.07) is 19.8. The predicted octanol–water partition coefficient (Wildman–Crippen LogP) is 9.56. The number of aliphatic carboxylic acids is 1. The fraction of sp³-hybridized carbons (Fsp3) is 0.389. The zero-order chi connectivity index (χ0) is 50.8. The van der Waals surface area contributed by atoms with Crippen molar-refractivity contribution in [3.05, 3.63) is 138 Å². The third kappa shape index (κ3) is 14.0. The number of hydrogen-bond acceptors (Lipinski definition) is 10. The fourth-order valence-corrected chi connectivity index (χ4v) is 10.8. The Morgan fingerprint density at radius 1 is 0.690 bits per heavy atom. The van der Waals surface area contributed by atoms with Crippen LogP contribution in [0.2, 0.25) is 20.1 Å². The molecular weight excluding hydrogens is 986 g/mol. The first kappa shape index (κ1) is 53.4. The first-order valence-electron chi connectivity index (χ1n) is 24.1. The second-order valence-corrected chi connectivity index (χ2v) is 20.1. The molecule has 0 aromatic heterocycles. The maximum absolute atomic E-state index is 13.4. The Balaban J connectivity index is 0.000000185. The average Bonchev–Trinajstić information content (AvgIpc) is 4.17. The Hall–Kier alpha value is -5.41. The molecule has 0 saturated carbocycles. The van der Waals surface area contributed by atoms with Crippen LogP contribution in [0.3, 0.4) is 0 Å². The molecule has 376 valence electrons. The maximum atomic E-state index is 13.4. The molecule has 2 fully saturated rings. The highest BCUT2D eigenvalue weighted by Crippen LogP contribution is 2.40. The predicted molar refractivity (Wildman–Crippen MR) is 283 cm³/mol. The van der Waals surface area contributed by atoms with Gasteiger partial charge in [-0.05, 0) is 160 Å². The highest BCUT2D eigenvalue weighted by molar-refractivity contribution is 6.42. The highest BCUT2D eigenvalue weighted by atomic mass is 35.5. The molecule has 17 heteroatoms. The molecule has 3 heterocycles. The maximum Gasteiger partial charge on any atom is 0.338 e. The van der Waals surface area contributed by atoms with Crippen molar-refractivity contribution in [1.82, 2.24) is 9.80 Å². The van der Waals surface area contributed by atoms with E-state index < -0.39 is 17.9 Å². The molecule has 2 aliphatic carbocycles. The van der Waals surface area contributed by atoms with Gasteiger partial charge >= 0.3 is 17.9 Å². The quantitative estimate of drug-likeness (QED) is 0.0536. The number of amides is 2. The first-order chi connectivity index (χ1) is 34.1. The number of fused-ring (bicyclic) bond motifs is 2. The molecule has 2 saturated heterocycles. The number of nitrogens with two attached hydrogens (primary N) is 1. The third-order valence-electron chi connectivity index (χ3n) is 13.8. The van der Waals surface area contributed by atoms with E-state index in [1.54, 1.807) is 40.1 Å². The molecular formula is C54H60Cl4N6O7. The number of nitrogen functional groups attached to an aromatic ring is 1. The summed E-state index contributed by atoms with van der Waals surface area (Å²) >= 11 is 24.3. The van der Waals surface area contributed by atoms with Crippen molar-refractivity contribution in [3.8, 4) is 0 Å². The van der Waals surface area contributed by atoms with Crippen LogP contribution in [-0.2, 0) is 67.2 Å². The van der Waals surface area contributed by atoms with Crippen LogP contribution in [-0.4, -0.2) is 104 Å². The minimum absolute atomic E-state index is 0.00761. The SMILES string of the molecule is CN(C(=O)Cc1ccc(Cl)c(Cl)c1)c1c(N)ccc2c1C[C@@H](N1CCCC1)CC2.CN(C(=O)Cc1ccc(Cl)c(Cl)c1)c1c(NC/C=C\C(=O)O)ccc2c1C[C@@H](N1CCCC1)CC2.O=C1C=CC(=O)O1. The molecule has 3 aliphatic heterocycles. The number of carbonyl (C=O) groups excluding carboxylic acids is 4. The molecule has 9 rings (SSSR count).